The molecule has 0 saturated heterocycles. The van der Waals surface area contributed by atoms with Crippen molar-refractivity contribution >= 4 is 5.65 Å². The highest BCUT2D eigenvalue weighted by Gasteiger charge is 2.32. The van der Waals surface area contributed by atoms with Gasteiger partial charge in [0.1, 0.15) is 11.5 Å². The molecule has 0 bridgehead atoms. The molecule has 3 heterocycles. The van der Waals surface area contributed by atoms with Crippen LogP contribution in [0.2, 0.25) is 0 Å². The molecule has 6 heteroatoms. The Labute approximate surface area is 148 Å². The van der Waals surface area contributed by atoms with E-state index in [9.17, 15) is 8.78 Å². The average Bonchev–Trinajstić information content (AvgIpc) is 3.35. The fourth-order valence-corrected chi connectivity index (χ4v) is 3.51. The molecule has 0 amide bonds. The van der Waals surface area contributed by atoms with E-state index < -0.39 is 5.95 Å². The molecule has 1 aliphatic carbocycles. The second-order valence-electron chi connectivity index (χ2n) is 6.74. The summed E-state index contributed by atoms with van der Waals surface area (Å²) < 4.78 is 30.7. The van der Waals surface area contributed by atoms with Crippen LogP contribution in [0, 0.1) is 11.8 Å². The van der Waals surface area contributed by atoms with E-state index in [1.165, 1.54) is 22.7 Å². The zero-order chi connectivity index (χ0) is 17.8. The number of rotatable bonds is 3. The van der Waals surface area contributed by atoms with Crippen LogP contribution in [-0.4, -0.2) is 19.2 Å². The topological polar surface area (TPSA) is 35.1 Å². The quantitative estimate of drug-likeness (QED) is 0.543. The van der Waals surface area contributed by atoms with Gasteiger partial charge in [0.05, 0.1) is 17.6 Å². The van der Waals surface area contributed by atoms with Crippen molar-refractivity contribution in [3.63, 3.8) is 0 Å². The number of hydrogen-bond acceptors (Lipinski definition) is 2. The molecule has 0 atom stereocenters. The summed E-state index contributed by atoms with van der Waals surface area (Å²) in [6.45, 7) is 0. The van der Waals surface area contributed by atoms with Crippen LogP contribution in [0.1, 0.15) is 24.5 Å². The molecule has 5 rings (SSSR count). The highest BCUT2D eigenvalue weighted by Crippen LogP contribution is 2.47. The molecule has 3 aromatic heterocycles. The Hall–Kier alpha value is -3.02. The maximum absolute atomic E-state index is 14.0. The van der Waals surface area contributed by atoms with E-state index in [0.717, 1.165) is 40.9 Å². The zero-order valence-corrected chi connectivity index (χ0v) is 14.2. The molecule has 0 N–H and O–H groups in total. The third-order valence-corrected chi connectivity index (χ3v) is 4.91. The van der Waals surface area contributed by atoms with E-state index in [1.807, 2.05) is 17.8 Å². The smallest absolute Gasteiger partial charge is 0.217 e. The molecule has 0 aliphatic heterocycles. The van der Waals surface area contributed by atoms with Crippen molar-refractivity contribution in [2.24, 2.45) is 7.05 Å². The van der Waals surface area contributed by atoms with E-state index >= 15 is 0 Å². The van der Waals surface area contributed by atoms with Crippen molar-refractivity contribution in [3.8, 4) is 22.4 Å². The largest absolute Gasteiger partial charge is 0.276 e. The van der Waals surface area contributed by atoms with Crippen molar-refractivity contribution < 1.29 is 8.78 Å². The van der Waals surface area contributed by atoms with Gasteiger partial charge >= 0.3 is 0 Å². The van der Waals surface area contributed by atoms with Crippen LogP contribution in [0.3, 0.4) is 0 Å². The molecule has 0 radical (unpaired) electrons. The van der Waals surface area contributed by atoms with E-state index in [2.05, 4.69) is 4.98 Å². The summed E-state index contributed by atoms with van der Waals surface area (Å²) in [6, 6.07) is 10.1. The number of nitrogens with zero attached hydrogens (tertiary/aromatic N) is 4. The minimum Gasteiger partial charge on any atom is -0.276 e. The second-order valence-corrected chi connectivity index (χ2v) is 6.74. The molecule has 0 spiro atoms. The molecule has 1 aliphatic rings. The van der Waals surface area contributed by atoms with Crippen molar-refractivity contribution in [1.82, 2.24) is 19.2 Å². The predicted molar refractivity (Wildman–Crippen MR) is 94.7 cm³/mol. The first-order valence-corrected chi connectivity index (χ1v) is 8.57. The summed E-state index contributed by atoms with van der Waals surface area (Å²) in [5, 5.41) is 4.74. The van der Waals surface area contributed by atoms with Gasteiger partial charge in [-0.1, -0.05) is 0 Å². The van der Waals surface area contributed by atoms with Crippen molar-refractivity contribution in [1.29, 1.82) is 0 Å². The van der Waals surface area contributed by atoms with Gasteiger partial charge in [0, 0.05) is 35.9 Å². The van der Waals surface area contributed by atoms with Gasteiger partial charge in [0.2, 0.25) is 5.95 Å². The summed E-state index contributed by atoms with van der Waals surface area (Å²) in [6.07, 6.45) is 5.18. The Morgan fingerprint density at radius 2 is 1.73 bits per heavy atom. The van der Waals surface area contributed by atoms with Crippen molar-refractivity contribution in [3.05, 3.63) is 66.3 Å². The highest BCUT2D eigenvalue weighted by atomic mass is 19.1. The Bertz CT molecular complexity index is 1120. The van der Waals surface area contributed by atoms with Gasteiger partial charge in [-0.25, -0.2) is 9.37 Å². The molecule has 1 saturated carbocycles. The number of benzene rings is 1. The van der Waals surface area contributed by atoms with Gasteiger partial charge in [-0.15, -0.1) is 0 Å². The summed E-state index contributed by atoms with van der Waals surface area (Å²) in [7, 11) is 1.89. The zero-order valence-electron chi connectivity index (χ0n) is 14.2. The standard InChI is InChI=1S/C20H16F2N4/c1-25-20(13-4-7-15(21)8-5-13)18(19(24-25)12-2-3-12)14-6-9-17-23-10-16(22)26(17)11-14/h4-12H,2-3H2,1H3. The van der Waals surface area contributed by atoms with Crippen LogP contribution >= 0.6 is 0 Å². The average molecular weight is 350 g/mol. The molecule has 26 heavy (non-hydrogen) atoms. The Kier molecular flexibility index (Phi) is 3.22. The van der Waals surface area contributed by atoms with E-state index in [-0.39, 0.29) is 5.82 Å². The van der Waals surface area contributed by atoms with E-state index in [0.29, 0.717) is 11.6 Å². The molecule has 4 aromatic rings. The minimum absolute atomic E-state index is 0.276. The number of aryl methyl sites for hydroxylation is 1. The first-order valence-electron chi connectivity index (χ1n) is 8.57. The maximum Gasteiger partial charge on any atom is 0.217 e. The SMILES string of the molecule is Cn1nc(C2CC2)c(-c2ccc3ncc(F)n3c2)c1-c1ccc(F)cc1. The molecular weight excluding hydrogens is 334 g/mol. The molecule has 1 aromatic carbocycles. The monoisotopic (exact) mass is 350 g/mol. The number of imidazole rings is 1. The van der Waals surface area contributed by atoms with Gasteiger partial charge in [-0.2, -0.15) is 9.49 Å². The third-order valence-electron chi connectivity index (χ3n) is 4.91. The lowest BCUT2D eigenvalue weighted by Crippen LogP contribution is -1.95. The molecule has 130 valence electrons. The maximum atomic E-state index is 14.0. The third kappa shape index (κ3) is 2.33. The Balaban J connectivity index is 1.77. The van der Waals surface area contributed by atoms with Crippen LogP contribution in [-0.2, 0) is 7.05 Å². The number of pyridine rings is 1. The molecule has 4 nitrogen and oxygen atoms in total. The Morgan fingerprint density at radius 1 is 1.00 bits per heavy atom. The summed E-state index contributed by atoms with van der Waals surface area (Å²) in [5.74, 6) is -0.252. The van der Waals surface area contributed by atoms with Gasteiger partial charge in [-0.3, -0.25) is 9.08 Å². The summed E-state index contributed by atoms with van der Waals surface area (Å²) in [5.41, 5.74) is 5.24. The van der Waals surface area contributed by atoms with E-state index in [1.54, 1.807) is 24.4 Å². The molecule has 1 fully saturated rings. The lowest BCUT2D eigenvalue weighted by atomic mass is 9.98. The number of aromatic nitrogens is 4. The van der Waals surface area contributed by atoms with Crippen LogP contribution in [0.15, 0.2) is 48.8 Å². The van der Waals surface area contributed by atoms with Gasteiger partial charge < -0.3 is 0 Å². The first-order chi connectivity index (χ1) is 12.6. The minimum atomic E-state index is -0.401. The normalized spacial score (nSPS) is 14.3. The van der Waals surface area contributed by atoms with Crippen molar-refractivity contribution in [2.75, 3.05) is 0 Å². The van der Waals surface area contributed by atoms with Gasteiger partial charge in [0.25, 0.3) is 0 Å². The van der Waals surface area contributed by atoms with E-state index in [4.69, 9.17) is 5.10 Å². The molecular formula is C20H16F2N4. The first kappa shape index (κ1) is 15.3. The predicted octanol–water partition coefficient (Wildman–Crippen LogP) is 4.56. The summed E-state index contributed by atoms with van der Waals surface area (Å²) >= 11 is 0. The van der Waals surface area contributed by atoms with Gasteiger partial charge in [-0.05, 0) is 49.2 Å². The molecule has 0 unspecified atom stereocenters. The highest BCUT2D eigenvalue weighted by molar-refractivity contribution is 5.84. The van der Waals surface area contributed by atoms with Crippen LogP contribution < -0.4 is 0 Å². The second kappa shape index (κ2) is 5.49. The Morgan fingerprint density at radius 3 is 2.46 bits per heavy atom. The lowest BCUT2D eigenvalue weighted by Gasteiger charge is -2.09. The number of hydrogen-bond donors (Lipinski definition) is 0. The van der Waals surface area contributed by atoms with Crippen LogP contribution in [0.5, 0.6) is 0 Å². The fraction of sp³-hybridized carbons (Fsp3) is 0.200. The number of halogens is 2. The lowest BCUT2D eigenvalue weighted by molar-refractivity contribution is 0.573. The fourth-order valence-electron chi connectivity index (χ4n) is 3.51. The van der Waals surface area contributed by atoms with Gasteiger partial charge in [0.15, 0.2) is 0 Å². The van der Waals surface area contributed by atoms with Crippen molar-refractivity contribution in [2.45, 2.75) is 18.8 Å². The summed E-state index contributed by atoms with van der Waals surface area (Å²) in [4.78, 5) is 4.04. The number of fused-ring (bicyclic) bond motifs is 1. The van der Waals surface area contributed by atoms with Crippen LogP contribution in [0.4, 0.5) is 8.78 Å². The van der Waals surface area contributed by atoms with Crippen LogP contribution in [0.25, 0.3) is 28.0 Å².